The van der Waals surface area contributed by atoms with Crippen LogP contribution in [-0.2, 0) is 0 Å². The molecule has 2 heterocycles. The van der Waals surface area contributed by atoms with Crippen LogP contribution < -0.4 is 15.9 Å². The number of ether oxygens (including phenoxy) is 1. The molecule has 3 aromatic carbocycles. The van der Waals surface area contributed by atoms with E-state index >= 15 is 0 Å². The topological polar surface area (TPSA) is 84.8 Å². The van der Waals surface area contributed by atoms with E-state index in [1.54, 1.807) is 6.08 Å². The van der Waals surface area contributed by atoms with Gasteiger partial charge in [-0.25, -0.2) is 9.36 Å². The summed E-state index contributed by atoms with van der Waals surface area (Å²) in [5.74, 6) is -0.0751. The van der Waals surface area contributed by atoms with Gasteiger partial charge >= 0.3 is 0 Å². The Morgan fingerprint density at radius 1 is 0.846 bits per heavy atom. The van der Waals surface area contributed by atoms with E-state index in [4.69, 9.17) is 4.74 Å². The molecule has 0 bridgehead atoms. The van der Waals surface area contributed by atoms with Crippen molar-refractivity contribution in [3.05, 3.63) is 141 Å². The van der Waals surface area contributed by atoms with E-state index in [0.29, 0.717) is 39.6 Å². The van der Waals surface area contributed by atoms with Gasteiger partial charge in [-0.2, -0.15) is 0 Å². The number of hydrogen-bond acceptors (Lipinski definition) is 3. The molecule has 0 aliphatic carbocycles. The Bertz CT molecular complexity index is 1670. The highest BCUT2D eigenvalue weighted by molar-refractivity contribution is 14.1. The molecule has 0 saturated carbocycles. The average molecular weight is 744 g/mol. The molecule has 198 valence electrons. The second-order valence-electron chi connectivity index (χ2n) is 9.09. The molecule has 2 N–H and O–H groups in total. The molecule has 0 amide bonds. The van der Waals surface area contributed by atoms with Gasteiger partial charge in [0.25, 0.3) is 11.1 Å². The number of aryl methyl sites for hydroxylation is 2. The molecular weight excluding hydrogens is 718 g/mol. The molecule has 0 saturated heterocycles. The van der Waals surface area contributed by atoms with Gasteiger partial charge in [0, 0.05) is 20.5 Å². The van der Waals surface area contributed by atoms with Gasteiger partial charge in [0.15, 0.2) is 0 Å². The zero-order valence-corrected chi connectivity index (χ0v) is 25.7. The van der Waals surface area contributed by atoms with Crippen molar-refractivity contribution < 1.29 is 4.74 Å². The maximum atomic E-state index is 14.1. The van der Waals surface area contributed by atoms with Crippen molar-refractivity contribution >= 4 is 45.2 Å². The van der Waals surface area contributed by atoms with Crippen molar-refractivity contribution in [3.8, 4) is 17.1 Å². The molecule has 0 fully saturated rings. The average Bonchev–Trinajstić information content (AvgIpc) is 3.39. The largest absolute Gasteiger partial charge is 0.488 e. The first-order chi connectivity index (χ1) is 18.8. The summed E-state index contributed by atoms with van der Waals surface area (Å²) in [7, 11) is 0. The Kier molecular flexibility index (Phi) is 7.98. The minimum Gasteiger partial charge on any atom is -0.488 e. The first kappa shape index (κ1) is 27.3. The minimum absolute atomic E-state index is 0.224. The summed E-state index contributed by atoms with van der Waals surface area (Å²) < 4.78 is 11.1. The fraction of sp³-hybridized carbons (Fsp3) is 0.133. The fourth-order valence-corrected chi connectivity index (χ4v) is 6.91. The number of benzene rings is 3. The number of H-pyrrole nitrogens is 2. The number of para-hydroxylation sites is 2. The second-order valence-corrected chi connectivity index (χ2v) is 11.5. The first-order valence-electron chi connectivity index (χ1n) is 12.3. The van der Waals surface area contributed by atoms with Crippen molar-refractivity contribution in [3.63, 3.8) is 0 Å². The summed E-state index contributed by atoms with van der Waals surface area (Å²) in [6.45, 7) is 7.82. The fourth-order valence-electron chi connectivity index (χ4n) is 4.86. The summed E-state index contributed by atoms with van der Waals surface area (Å²) in [6.07, 6.45) is 1.68. The number of nitrogens with zero attached hydrogens (tertiary/aromatic N) is 2. The van der Waals surface area contributed by atoms with Crippen molar-refractivity contribution in [2.45, 2.75) is 19.8 Å². The van der Waals surface area contributed by atoms with Crippen LogP contribution >= 0.6 is 45.2 Å². The van der Waals surface area contributed by atoms with E-state index < -0.39 is 5.92 Å². The molecular formula is C30H26I2N4O3. The number of halogens is 2. The van der Waals surface area contributed by atoms with Gasteiger partial charge < -0.3 is 4.74 Å². The van der Waals surface area contributed by atoms with Crippen LogP contribution in [0.5, 0.6) is 5.75 Å². The Labute approximate surface area is 252 Å². The van der Waals surface area contributed by atoms with Gasteiger partial charge in [0.05, 0.1) is 32.0 Å². The summed E-state index contributed by atoms with van der Waals surface area (Å²) in [5, 5.41) is 6.49. The van der Waals surface area contributed by atoms with Crippen LogP contribution in [0.3, 0.4) is 0 Å². The van der Waals surface area contributed by atoms with Gasteiger partial charge in [-0.3, -0.25) is 19.8 Å². The van der Waals surface area contributed by atoms with Crippen molar-refractivity contribution in [2.24, 2.45) is 0 Å². The van der Waals surface area contributed by atoms with Crippen LogP contribution in [-0.4, -0.2) is 26.2 Å². The Morgan fingerprint density at radius 3 is 1.79 bits per heavy atom. The summed E-state index contributed by atoms with van der Waals surface area (Å²) in [5.41, 5.74) is 4.03. The normalized spacial score (nSPS) is 11.2. The van der Waals surface area contributed by atoms with E-state index in [2.05, 4.69) is 62.0 Å². The van der Waals surface area contributed by atoms with E-state index in [1.807, 2.05) is 86.6 Å². The maximum Gasteiger partial charge on any atom is 0.275 e. The third-order valence-electron chi connectivity index (χ3n) is 6.53. The van der Waals surface area contributed by atoms with Gasteiger partial charge in [0.2, 0.25) is 0 Å². The van der Waals surface area contributed by atoms with Crippen molar-refractivity contribution in [1.82, 2.24) is 19.6 Å². The molecule has 0 aliphatic rings. The van der Waals surface area contributed by atoms with Crippen molar-refractivity contribution in [2.75, 3.05) is 6.61 Å². The Balaban J connectivity index is 1.84. The van der Waals surface area contributed by atoms with Gasteiger partial charge in [0.1, 0.15) is 12.4 Å². The molecule has 0 radical (unpaired) electrons. The molecule has 7 nitrogen and oxygen atoms in total. The van der Waals surface area contributed by atoms with E-state index in [9.17, 15) is 9.59 Å². The van der Waals surface area contributed by atoms with E-state index in [-0.39, 0.29) is 17.7 Å². The van der Waals surface area contributed by atoms with Crippen LogP contribution in [0.1, 0.15) is 34.0 Å². The number of aromatic nitrogens is 4. The standard InChI is InChI=1S/C30H26I2N4O3/c1-4-15-39-28-23(16-20(31)17-24(28)32)27(25-18(2)33-35(29(25)37)21-11-7-5-8-12-21)26-19(3)34-36(30(26)38)22-13-9-6-10-14-22/h4-14,16-17,27,33-34H,1,15H2,2-3H3. The van der Waals surface area contributed by atoms with Crippen molar-refractivity contribution in [1.29, 1.82) is 0 Å². The highest BCUT2D eigenvalue weighted by Gasteiger charge is 2.33. The molecule has 5 aromatic rings. The predicted octanol–water partition coefficient (Wildman–Crippen LogP) is 6.22. The number of nitrogens with one attached hydrogen (secondary N) is 2. The third kappa shape index (κ3) is 5.17. The third-order valence-corrected chi connectivity index (χ3v) is 7.96. The number of rotatable bonds is 8. The highest BCUT2D eigenvalue weighted by atomic mass is 127. The molecule has 5 rings (SSSR count). The lowest BCUT2D eigenvalue weighted by atomic mass is 9.84. The summed E-state index contributed by atoms with van der Waals surface area (Å²) in [4.78, 5) is 28.2. The molecule has 39 heavy (non-hydrogen) atoms. The van der Waals surface area contributed by atoms with Crippen LogP contribution in [0.15, 0.2) is 95.0 Å². The smallest absolute Gasteiger partial charge is 0.275 e. The summed E-state index contributed by atoms with van der Waals surface area (Å²) in [6, 6.07) is 22.8. The molecule has 9 heteroatoms. The Hall–Kier alpha value is -3.32. The molecule has 0 unspecified atom stereocenters. The maximum absolute atomic E-state index is 14.1. The second kappa shape index (κ2) is 11.4. The highest BCUT2D eigenvalue weighted by Crippen LogP contribution is 2.40. The lowest BCUT2D eigenvalue weighted by Crippen LogP contribution is -2.26. The predicted molar refractivity (Wildman–Crippen MR) is 171 cm³/mol. The molecule has 0 aliphatic heterocycles. The SMILES string of the molecule is C=CCOc1c(I)cc(I)cc1C(c1c(C)[nH]n(-c2ccccc2)c1=O)c1c(C)[nH]n(-c2ccccc2)c1=O. The zero-order valence-electron chi connectivity index (χ0n) is 21.4. The van der Waals surface area contributed by atoms with E-state index in [0.717, 1.165) is 12.7 Å². The number of hydrogen-bond donors (Lipinski definition) is 2. The van der Waals surface area contributed by atoms with Gasteiger partial charge in [-0.05, 0) is 95.4 Å². The number of aromatic amines is 2. The first-order valence-corrected chi connectivity index (χ1v) is 14.4. The monoisotopic (exact) mass is 744 g/mol. The van der Waals surface area contributed by atoms with Gasteiger partial charge in [-0.15, -0.1) is 0 Å². The van der Waals surface area contributed by atoms with E-state index in [1.165, 1.54) is 9.36 Å². The lowest BCUT2D eigenvalue weighted by Gasteiger charge is -2.21. The Morgan fingerprint density at radius 2 is 1.33 bits per heavy atom. The van der Waals surface area contributed by atoms with Crippen LogP contribution in [0, 0.1) is 21.0 Å². The lowest BCUT2D eigenvalue weighted by molar-refractivity contribution is 0.356. The molecule has 0 atom stereocenters. The van der Waals surface area contributed by atoms with Crippen LogP contribution in [0.25, 0.3) is 11.4 Å². The summed E-state index contributed by atoms with van der Waals surface area (Å²) >= 11 is 4.50. The molecule has 2 aromatic heterocycles. The molecule has 0 spiro atoms. The van der Waals surface area contributed by atoms with Crippen LogP contribution in [0.2, 0.25) is 0 Å². The van der Waals surface area contributed by atoms with Gasteiger partial charge in [-0.1, -0.05) is 49.1 Å². The minimum atomic E-state index is -0.699. The van der Waals surface area contributed by atoms with Crippen LogP contribution in [0.4, 0.5) is 0 Å². The zero-order chi connectivity index (χ0) is 27.7. The quantitative estimate of drug-likeness (QED) is 0.146.